The molecule has 0 spiro atoms. The number of allylic oxidation sites excluding steroid dienone is 5. The second-order valence-corrected chi connectivity index (χ2v) is 31.3. The molecule has 1 rings (SSSR count). The third-order valence-corrected chi connectivity index (χ3v) is 21.5. The molecule has 11 heteroatoms. The predicted octanol–water partition coefficient (Wildman–Crippen LogP) is 25.2. The van der Waals surface area contributed by atoms with Crippen LogP contribution in [0.1, 0.15) is 463 Å². The summed E-state index contributed by atoms with van der Waals surface area (Å²) >= 11 is 0. The summed E-state index contributed by atoms with van der Waals surface area (Å²) in [6, 6.07) is -0.809. The molecule has 6 N–H and O–H groups in total. The highest BCUT2D eigenvalue weighted by molar-refractivity contribution is 5.76. The minimum Gasteiger partial charge on any atom is -0.466 e. The molecule has 1 aliphatic rings. The third kappa shape index (κ3) is 67.0. The van der Waals surface area contributed by atoms with E-state index in [-0.39, 0.29) is 18.5 Å². The van der Waals surface area contributed by atoms with Crippen molar-refractivity contribution in [2.75, 3.05) is 19.8 Å². The highest BCUT2D eigenvalue weighted by Gasteiger charge is 2.44. The van der Waals surface area contributed by atoms with Crippen LogP contribution in [0.2, 0.25) is 0 Å². The Bertz CT molecular complexity index is 1770. The molecule has 1 fully saturated rings. The fourth-order valence-corrected chi connectivity index (χ4v) is 14.5. The summed E-state index contributed by atoms with van der Waals surface area (Å²) in [7, 11) is 0. The molecular formula is C90H171NO10. The fraction of sp³-hybridized carbons (Fsp3) is 0.911. The molecule has 1 aliphatic heterocycles. The van der Waals surface area contributed by atoms with E-state index in [1.807, 2.05) is 6.08 Å². The van der Waals surface area contributed by atoms with Crippen molar-refractivity contribution in [2.45, 2.75) is 506 Å². The van der Waals surface area contributed by atoms with Gasteiger partial charge in [0.15, 0.2) is 6.29 Å². The lowest BCUT2D eigenvalue weighted by Crippen LogP contribution is -2.60. The smallest absolute Gasteiger partial charge is 0.305 e. The van der Waals surface area contributed by atoms with Crippen LogP contribution in [-0.4, -0.2) is 100 Å². The number of carbonyl (C=O) groups is 2. The van der Waals surface area contributed by atoms with Crippen LogP contribution in [0.3, 0.4) is 0 Å². The average Bonchev–Trinajstić information content (AvgIpc) is 0.830. The number of rotatable bonds is 81. The molecule has 7 unspecified atom stereocenters. The van der Waals surface area contributed by atoms with Gasteiger partial charge in [-0.3, -0.25) is 9.59 Å². The third-order valence-electron chi connectivity index (χ3n) is 21.5. The molecule has 0 aromatic heterocycles. The zero-order valence-corrected chi connectivity index (χ0v) is 66.9. The Hall–Kier alpha value is -2.12. The molecule has 0 radical (unpaired) electrons. The number of nitrogens with one attached hydrogen (secondary N) is 1. The summed E-state index contributed by atoms with van der Waals surface area (Å²) in [5.74, 6) is -0.154. The van der Waals surface area contributed by atoms with Gasteiger partial charge >= 0.3 is 5.97 Å². The van der Waals surface area contributed by atoms with E-state index in [0.717, 1.165) is 57.8 Å². The minimum atomic E-state index is -1.57. The van der Waals surface area contributed by atoms with Crippen LogP contribution in [0.5, 0.6) is 0 Å². The molecule has 1 amide bonds. The van der Waals surface area contributed by atoms with E-state index in [2.05, 4.69) is 43.5 Å². The van der Waals surface area contributed by atoms with Crippen molar-refractivity contribution in [3.8, 4) is 0 Å². The van der Waals surface area contributed by atoms with Crippen LogP contribution in [0.4, 0.5) is 0 Å². The number of carbonyl (C=O) groups excluding carboxylic acids is 2. The Labute approximate surface area is 625 Å². The van der Waals surface area contributed by atoms with Gasteiger partial charge in [0, 0.05) is 12.8 Å². The van der Waals surface area contributed by atoms with Gasteiger partial charge in [-0.15, -0.1) is 0 Å². The van der Waals surface area contributed by atoms with E-state index < -0.39 is 49.5 Å². The fourth-order valence-electron chi connectivity index (χ4n) is 14.5. The summed E-state index contributed by atoms with van der Waals surface area (Å²) < 4.78 is 16.8. The zero-order chi connectivity index (χ0) is 72.9. The molecular weight excluding hydrogens is 1250 g/mol. The average molecular weight is 1430 g/mol. The number of unbranched alkanes of at least 4 members (excludes halogenated alkanes) is 63. The summed E-state index contributed by atoms with van der Waals surface area (Å²) in [6.07, 6.45) is 94.9. The molecule has 0 aromatic carbocycles. The molecule has 0 saturated carbocycles. The largest absolute Gasteiger partial charge is 0.466 e. The Morgan fingerprint density at radius 3 is 1.00 bits per heavy atom. The van der Waals surface area contributed by atoms with E-state index in [0.29, 0.717) is 19.4 Å². The van der Waals surface area contributed by atoms with E-state index in [1.165, 1.54) is 379 Å². The summed E-state index contributed by atoms with van der Waals surface area (Å²) in [6.45, 7) is 4.42. The van der Waals surface area contributed by atoms with Gasteiger partial charge in [0.25, 0.3) is 0 Å². The second kappa shape index (κ2) is 78.9. The van der Waals surface area contributed by atoms with E-state index in [4.69, 9.17) is 14.2 Å². The second-order valence-electron chi connectivity index (χ2n) is 31.3. The van der Waals surface area contributed by atoms with Crippen LogP contribution in [-0.2, 0) is 23.8 Å². The highest BCUT2D eigenvalue weighted by atomic mass is 16.7. The Balaban J connectivity index is 1.88. The van der Waals surface area contributed by atoms with Gasteiger partial charge in [0.05, 0.1) is 32.0 Å². The van der Waals surface area contributed by atoms with Crippen molar-refractivity contribution >= 4 is 11.9 Å². The summed E-state index contributed by atoms with van der Waals surface area (Å²) in [5.41, 5.74) is 0. The lowest BCUT2D eigenvalue weighted by atomic mass is 9.99. The van der Waals surface area contributed by atoms with Crippen molar-refractivity contribution < 1.29 is 49.3 Å². The van der Waals surface area contributed by atoms with Crippen molar-refractivity contribution in [3.05, 3.63) is 36.5 Å². The molecule has 0 aliphatic carbocycles. The van der Waals surface area contributed by atoms with E-state index in [1.54, 1.807) is 6.08 Å². The maximum atomic E-state index is 13.1. The van der Waals surface area contributed by atoms with Crippen LogP contribution < -0.4 is 5.32 Å². The van der Waals surface area contributed by atoms with Crippen LogP contribution in [0, 0.1) is 0 Å². The number of aliphatic hydroxyl groups is 5. The van der Waals surface area contributed by atoms with Crippen molar-refractivity contribution in [1.82, 2.24) is 5.32 Å². The topological polar surface area (TPSA) is 175 Å². The SMILES string of the molecule is CCCCCCCCCCCCCCC/C=C/C(O)C(COC1OC(CO)C(O)C(O)C1O)NC(=O)CCCCCCCCCCCCCCCCCCC/C=C\C/C=C\CCCCCCCCCCCCCCCCCOC(=O)CCCCCCCCCCCCCCCCCCCCC. The van der Waals surface area contributed by atoms with Gasteiger partial charge < -0.3 is 45.1 Å². The summed E-state index contributed by atoms with van der Waals surface area (Å²) in [5, 5.41) is 54.7. The first-order chi connectivity index (χ1) is 49.7. The Morgan fingerprint density at radius 1 is 0.366 bits per heavy atom. The Morgan fingerprint density at radius 2 is 0.663 bits per heavy atom. The molecule has 101 heavy (non-hydrogen) atoms. The minimum absolute atomic E-state index is 0.0205. The molecule has 7 atom stereocenters. The quantitative estimate of drug-likeness (QED) is 0.0195. The standard InChI is InChI=1S/C90H171NO10/c1-3-5-7-9-11-13-15-17-19-20-42-46-50-54-58-62-66-70-74-78-86(95)99-79-75-71-67-63-59-55-51-47-44-41-39-37-35-33-31-29-27-25-23-21-22-24-26-28-30-32-34-36-38-40-43-45-49-53-57-61-65-69-73-77-85(94)91-82(81-100-90-89(98)88(97)87(96)84(80-92)101-90)83(93)76-72-68-64-60-56-52-48-18-16-14-12-10-8-6-4-2/h21-22,25,27,72,76,82-84,87-90,92-93,96-98H,3-20,23-24,26,28-71,73-75,77-81H2,1-2H3,(H,91,94)/b22-21-,27-25-,76-72+. The molecule has 1 heterocycles. The molecule has 1 saturated heterocycles. The van der Waals surface area contributed by atoms with Gasteiger partial charge in [0.2, 0.25) is 5.91 Å². The number of hydrogen-bond acceptors (Lipinski definition) is 10. The Kier molecular flexibility index (Phi) is 75.7. The van der Waals surface area contributed by atoms with Gasteiger partial charge in [-0.1, -0.05) is 423 Å². The van der Waals surface area contributed by atoms with Crippen molar-refractivity contribution in [1.29, 1.82) is 0 Å². The van der Waals surface area contributed by atoms with Crippen LogP contribution in [0.25, 0.3) is 0 Å². The first-order valence-corrected chi connectivity index (χ1v) is 44.8. The molecule has 11 nitrogen and oxygen atoms in total. The van der Waals surface area contributed by atoms with Crippen LogP contribution >= 0.6 is 0 Å². The number of hydrogen-bond donors (Lipinski definition) is 6. The normalized spacial score (nSPS) is 17.2. The molecule has 0 bridgehead atoms. The highest BCUT2D eigenvalue weighted by Crippen LogP contribution is 2.24. The first kappa shape index (κ1) is 96.9. The first-order valence-electron chi connectivity index (χ1n) is 44.8. The lowest BCUT2D eigenvalue weighted by molar-refractivity contribution is -0.302. The van der Waals surface area contributed by atoms with Crippen molar-refractivity contribution in [3.63, 3.8) is 0 Å². The van der Waals surface area contributed by atoms with Crippen LogP contribution in [0.15, 0.2) is 36.5 Å². The lowest BCUT2D eigenvalue weighted by Gasteiger charge is -2.40. The maximum absolute atomic E-state index is 13.1. The van der Waals surface area contributed by atoms with Gasteiger partial charge in [-0.25, -0.2) is 0 Å². The van der Waals surface area contributed by atoms with E-state index in [9.17, 15) is 35.1 Å². The predicted molar refractivity (Wildman–Crippen MR) is 431 cm³/mol. The molecule has 0 aromatic rings. The molecule has 596 valence electrons. The number of esters is 1. The summed E-state index contributed by atoms with van der Waals surface area (Å²) in [4.78, 5) is 25.3. The van der Waals surface area contributed by atoms with Gasteiger partial charge in [-0.05, 0) is 64.2 Å². The van der Waals surface area contributed by atoms with Gasteiger partial charge in [-0.2, -0.15) is 0 Å². The number of ether oxygens (including phenoxy) is 3. The van der Waals surface area contributed by atoms with Gasteiger partial charge in [0.1, 0.15) is 24.4 Å². The monoisotopic (exact) mass is 1430 g/mol. The number of amides is 1. The maximum Gasteiger partial charge on any atom is 0.305 e. The number of aliphatic hydroxyl groups excluding tert-OH is 5. The van der Waals surface area contributed by atoms with E-state index >= 15 is 0 Å². The van der Waals surface area contributed by atoms with Crippen molar-refractivity contribution in [2.24, 2.45) is 0 Å². The zero-order valence-electron chi connectivity index (χ0n) is 66.9.